The molecule has 0 aliphatic carbocycles. The average Bonchev–Trinajstić information content (AvgIpc) is 2.66. The zero-order valence-corrected chi connectivity index (χ0v) is 16.0. The van der Waals surface area contributed by atoms with Gasteiger partial charge in [0.05, 0.1) is 17.7 Å². The molecule has 0 bridgehead atoms. The van der Waals surface area contributed by atoms with Crippen molar-refractivity contribution in [3.63, 3.8) is 0 Å². The summed E-state index contributed by atoms with van der Waals surface area (Å²) in [6.07, 6.45) is 0. The van der Waals surface area contributed by atoms with Crippen molar-refractivity contribution in [1.29, 1.82) is 0 Å². The molecule has 3 rings (SSSR count). The molecule has 0 atom stereocenters. The van der Waals surface area contributed by atoms with Gasteiger partial charge in [-0.1, -0.05) is 30.3 Å². The molecule has 0 fully saturated rings. The van der Waals surface area contributed by atoms with Gasteiger partial charge in [-0.2, -0.15) is 0 Å². The molecule has 0 spiro atoms. The lowest BCUT2D eigenvalue weighted by molar-refractivity contribution is -0.142. The number of rotatable bonds is 9. The molecule has 0 aliphatic heterocycles. The number of aliphatic carboxylic acids is 1. The van der Waals surface area contributed by atoms with Crippen LogP contribution in [0.25, 0.3) is 10.9 Å². The van der Waals surface area contributed by atoms with E-state index in [2.05, 4.69) is 10.3 Å². The zero-order chi connectivity index (χ0) is 20.0. The lowest BCUT2D eigenvalue weighted by Gasteiger charge is -2.26. The van der Waals surface area contributed by atoms with Crippen LogP contribution >= 0.6 is 0 Å². The summed E-state index contributed by atoms with van der Waals surface area (Å²) in [5.41, 5.74) is 1.52. The number of nitrogens with zero attached hydrogens (tertiary/aromatic N) is 1. The van der Waals surface area contributed by atoms with Crippen LogP contribution < -0.4 is 10.1 Å². The van der Waals surface area contributed by atoms with Crippen LogP contribution in [0.15, 0.2) is 60.7 Å². The minimum atomic E-state index is -0.982. The first kappa shape index (κ1) is 19.6. The highest BCUT2D eigenvalue weighted by Gasteiger charge is 2.19. The van der Waals surface area contributed by atoms with Crippen LogP contribution in [0.5, 0.6) is 5.75 Å². The van der Waals surface area contributed by atoms with Gasteiger partial charge < -0.3 is 19.9 Å². The quantitative estimate of drug-likeness (QED) is 0.582. The predicted octanol–water partition coefficient (Wildman–Crippen LogP) is 4.11. The molecule has 6 heteroatoms. The van der Waals surface area contributed by atoms with E-state index >= 15 is 0 Å². The third kappa shape index (κ3) is 5.69. The number of hydrogen-bond donors (Lipinski definition) is 2. The molecule has 0 amide bonds. The molecule has 0 radical (unpaired) electrons. The van der Waals surface area contributed by atoms with Crippen molar-refractivity contribution >= 4 is 22.7 Å². The molecule has 2 N–H and O–H groups in total. The standard InChI is InChI=1S/C22H24N2O4/c1-22(2,15-27-14-21(25)26)24-20-11-8-17-12-18(9-10-19(17)23-20)28-13-16-6-4-3-5-7-16/h3-12H,13-15H2,1-2H3,(H,23,24)(H,25,26). The van der Waals surface area contributed by atoms with Gasteiger partial charge in [0.15, 0.2) is 0 Å². The van der Waals surface area contributed by atoms with E-state index in [4.69, 9.17) is 14.6 Å². The summed E-state index contributed by atoms with van der Waals surface area (Å²) in [5.74, 6) is 0.514. The van der Waals surface area contributed by atoms with Crippen molar-refractivity contribution in [2.75, 3.05) is 18.5 Å². The van der Waals surface area contributed by atoms with Crippen molar-refractivity contribution < 1.29 is 19.4 Å². The number of anilines is 1. The number of hydrogen-bond acceptors (Lipinski definition) is 5. The Morgan fingerprint density at radius 1 is 1.11 bits per heavy atom. The van der Waals surface area contributed by atoms with Crippen molar-refractivity contribution in [2.45, 2.75) is 26.0 Å². The topological polar surface area (TPSA) is 80.7 Å². The number of ether oxygens (including phenoxy) is 2. The van der Waals surface area contributed by atoms with Crippen LogP contribution in [0.2, 0.25) is 0 Å². The van der Waals surface area contributed by atoms with Gasteiger partial charge in [-0.15, -0.1) is 0 Å². The van der Waals surface area contributed by atoms with Crippen LogP contribution in [0.1, 0.15) is 19.4 Å². The molecule has 1 heterocycles. The van der Waals surface area contributed by atoms with Gasteiger partial charge in [0.2, 0.25) is 0 Å². The number of aromatic nitrogens is 1. The molecule has 0 saturated carbocycles. The van der Waals surface area contributed by atoms with Gasteiger partial charge in [-0.05, 0) is 49.7 Å². The summed E-state index contributed by atoms with van der Waals surface area (Å²) < 4.78 is 11.1. The van der Waals surface area contributed by atoms with Crippen molar-refractivity contribution in [3.05, 3.63) is 66.2 Å². The van der Waals surface area contributed by atoms with Gasteiger partial charge in [0.25, 0.3) is 0 Å². The third-order valence-corrected chi connectivity index (χ3v) is 4.06. The van der Waals surface area contributed by atoms with Gasteiger partial charge in [0.1, 0.15) is 24.8 Å². The molecule has 2 aromatic carbocycles. The highest BCUT2D eigenvalue weighted by molar-refractivity contribution is 5.81. The van der Waals surface area contributed by atoms with E-state index < -0.39 is 11.5 Å². The first-order valence-corrected chi connectivity index (χ1v) is 9.07. The minimum absolute atomic E-state index is 0.255. The first-order chi connectivity index (χ1) is 13.4. The van der Waals surface area contributed by atoms with Crippen LogP contribution in [0, 0.1) is 0 Å². The summed E-state index contributed by atoms with van der Waals surface area (Å²) in [5, 5.41) is 12.9. The Labute approximate surface area is 164 Å². The normalized spacial score (nSPS) is 11.4. The summed E-state index contributed by atoms with van der Waals surface area (Å²) in [7, 11) is 0. The smallest absolute Gasteiger partial charge is 0.329 e. The van der Waals surface area contributed by atoms with E-state index in [1.807, 2.05) is 74.5 Å². The van der Waals surface area contributed by atoms with E-state index in [0.717, 1.165) is 22.2 Å². The van der Waals surface area contributed by atoms with E-state index in [9.17, 15) is 4.79 Å². The Bertz CT molecular complexity index is 942. The Morgan fingerprint density at radius 2 is 1.89 bits per heavy atom. The maximum Gasteiger partial charge on any atom is 0.329 e. The highest BCUT2D eigenvalue weighted by Crippen LogP contribution is 2.23. The Hall–Kier alpha value is -3.12. The van der Waals surface area contributed by atoms with E-state index in [1.165, 1.54) is 0 Å². The van der Waals surface area contributed by atoms with E-state index in [-0.39, 0.29) is 13.2 Å². The maximum atomic E-state index is 10.6. The SMILES string of the molecule is CC(C)(COCC(=O)O)Nc1ccc2cc(OCc3ccccc3)ccc2n1. The van der Waals surface area contributed by atoms with Crippen molar-refractivity contribution in [3.8, 4) is 5.75 Å². The number of pyridine rings is 1. The number of carboxylic acids is 1. The molecule has 6 nitrogen and oxygen atoms in total. The van der Waals surface area contributed by atoms with Gasteiger partial charge >= 0.3 is 5.97 Å². The zero-order valence-electron chi connectivity index (χ0n) is 16.0. The minimum Gasteiger partial charge on any atom is -0.489 e. The van der Waals surface area contributed by atoms with Gasteiger partial charge in [0, 0.05) is 5.39 Å². The molecular weight excluding hydrogens is 356 g/mol. The van der Waals surface area contributed by atoms with Crippen molar-refractivity contribution in [2.24, 2.45) is 0 Å². The van der Waals surface area contributed by atoms with Gasteiger partial charge in [-0.3, -0.25) is 0 Å². The maximum absolute atomic E-state index is 10.6. The molecule has 3 aromatic rings. The lowest BCUT2D eigenvalue weighted by Crippen LogP contribution is -2.37. The fraction of sp³-hybridized carbons (Fsp3) is 0.273. The number of carbonyl (C=O) groups is 1. The predicted molar refractivity (Wildman–Crippen MR) is 109 cm³/mol. The molecule has 0 unspecified atom stereocenters. The second-order valence-electron chi connectivity index (χ2n) is 7.22. The fourth-order valence-corrected chi connectivity index (χ4v) is 2.78. The number of nitrogens with one attached hydrogen (secondary N) is 1. The Morgan fingerprint density at radius 3 is 2.64 bits per heavy atom. The third-order valence-electron chi connectivity index (χ3n) is 4.06. The average molecular weight is 380 g/mol. The van der Waals surface area contributed by atoms with Crippen LogP contribution in [-0.2, 0) is 16.1 Å². The summed E-state index contributed by atoms with van der Waals surface area (Å²) in [6.45, 7) is 4.32. The summed E-state index contributed by atoms with van der Waals surface area (Å²) >= 11 is 0. The Balaban J connectivity index is 1.64. The second-order valence-corrected chi connectivity index (χ2v) is 7.22. The number of fused-ring (bicyclic) bond motifs is 1. The highest BCUT2D eigenvalue weighted by atomic mass is 16.5. The van der Waals surface area contributed by atoms with E-state index in [0.29, 0.717) is 12.4 Å². The first-order valence-electron chi connectivity index (χ1n) is 9.07. The fourth-order valence-electron chi connectivity index (χ4n) is 2.78. The van der Waals surface area contributed by atoms with Crippen molar-refractivity contribution in [1.82, 2.24) is 4.98 Å². The molecule has 146 valence electrons. The van der Waals surface area contributed by atoms with Gasteiger partial charge in [-0.25, -0.2) is 9.78 Å². The van der Waals surface area contributed by atoms with Crippen LogP contribution in [0.3, 0.4) is 0 Å². The largest absolute Gasteiger partial charge is 0.489 e. The summed E-state index contributed by atoms with van der Waals surface area (Å²) in [4.78, 5) is 15.2. The molecule has 0 saturated heterocycles. The molecule has 28 heavy (non-hydrogen) atoms. The number of carboxylic acid groups (broad SMARTS) is 1. The lowest BCUT2D eigenvalue weighted by atomic mass is 10.1. The van der Waals surface area contributed by atoms with E-state index in [1.54, 1.807) is 0 Å². The second kappa shape index (κ2) is 8.71. The van der Waals surface area contributed by atoms with Crippen LogP contribution in [-0.4, -0.2) is 34.8 Å². The summed E-state index contributed by atoms with van der Waals surface area (Å²) in [6, 6.07) is 19.7. The Kier molecular flexibility index (Phi) is 6.11. The molecule has 0 aliphatic rings. The molecular formula is C22H24N2O4. The monoisotopic (exact) mass is 380 g/mol. The molecule has 1 aromatic heterocycles. The van der Waals surface area contributed by atoms with Crippen LogP contribution in [0.4, 0.5) is 5.82 Å². The number of benzene rings is 2.